The molecule has 0 unspecified atom stereocenters. The number of amides is 1. The SMILES string of the molecule is Cc1ccc(-c2nc(CC(=O)NCc3ccc(C)cc3C)cs2)cc1. The molecule has 25 heavy (non-hydrogen) atoms. The summed E-state index contributed by atoms with van der Waals surface area (Å²) in [5.74, 6) is 0.000677. The molecule has 1 amide bonds. The van der Waals surface area contributed by atoms with Crippen LogP contribution in [-0.2, 0) is 17.8 Å². The molecule has 4 heteroatoms. The van der Waals surface area contributed by atoms with Gasteiger partial charge >= 0.3 is 0 Å². The Labute approximate surface area is 152 Å². The first-order valence-corrected chi connectivity index (χ1v) is 9.23. The fourth-order valence-corrected chi connectivity index (χ4v) is 3.51. The number of benzene rings is 2. The third kappa shape index (κ3) is 4.54. The third-order valence-electron chi connectivity index (χ3n) is 4.17. The number of carbonyl (C=O) groups excluding carboxylic acids is 1. The van der Waals surface area contributed by atoms with E-state index in [0.717, 1.165) is 21.8 Å². The second kappa shape index (κ2) is 7.62. The van der Waals surface area contributed by atoms with Crippen LogP contribution in [0.1, 0.15) is 27.9 Å². The summed E-state index contributed by atoms with van der Waals surface area (Å²) >= 11 is 1.58. The van der Waals surface area contributed by atoms with Crippen molar-refractivity contribution in [2.24, 2.45) is 0 Å². The minimum absolute atomic E-state index is 0.000677. The monoisotopic (exact) mass is 350 g/mol. The van der Waals surface area contributed by atoms with Gasteiger partial charge in [0.2, 0.25) is 5.91 Å². The van der Waals surface area contributed by atoms with Crippen molar-refractivity contribution in [2.75, 3.05) is 0 Å². The van der Waals surface area contributed by atoms with E-state index in [4.69, 9.17) is 0 Å². The van der Waals surface area contributed by atoms with E-state index in [-0.39, 0.29) is 5.91 Å². The maximum atomic E-state index is 12.2. The first-order chi connectivity index (χ1) is 12.0. The summed E-state index contributed by atoms with van der Waals surface area (Å²) in [4.78, 5) is 16.8. The summed E-state index contributed by atoms with van der Waals surface area (Å²) in [6.45, 7) is 6.77. The number of thiazole rings is 1. The molecule has 0 fully saturated rings. The van der Waals surface area contributed by atoms with Crippen LogP contribution in [0, 0.1) is 20.8 Å². The molecule has 0 radical (unpaired) electrons. The highest BCUT2D eigenvalue weighted by Crippen LogP contribution is 2.24. The number of hydrogen-bond acceptors (Lipinski definition) is 3. The van der Waals surface area contributed by atoms with E-state index in [0.29, 0.717) is 13.0 Å². The lowest BCUT2D eigenvalue weighted by atomic mass is 10.1. The molecule has 2 aromatic carbocycles. The zero-order valence-corrected chi connectivity index (χ0v) is 15.6. The molecular formula is C21H22N2OS. The lowest BCUT2D eigenvalue weighted by Crippen LogP contribution is -2.25. The fourth-order valence-electron chi connectivity index (χ4n) is 2.68. The van der Waals surface area contributed by atoms with E-state index in [2.05, 4.69) is 73.5 Å². The summed E-state index contributed by atoms with van der Waals surface area (Å²) in [7, 11) is 0. The second-order valence-electron chi connectivity index (χ2n) is 6.39. The molecule has 128 valence electrons. The highest BCUT2D eigenvalue weighted by atomic mass is 32.1. The van der Waals surface area contributed by atoms with Gasteiger partial charge < -0.3 is 5.32 Å². The maximum absolute atomic E-state index is 12.2. The van der Waals surface area contributed by atoms with Crippen LogP contribution in [0.2, 0.25) is 0 Å². The summed E-state index contributed by atoms with van der Waals surface area (Å²) in [5.41, 5.74) is 6.73. The van der Waals surface area contributed by atoms with Crippen molar-refractivity contribution in [3.05, 3.63) is 75.8 Å². The number of nitrogens with one attached hydrogen (secondary N) is 1. The normalized spacial score (nSPS) is 10.7. The Balaban J connectivity index is 1.59. The number of hydrogen-bond donors (Lipinski definition) is 1. The van der Waals surface area contributed by atoms with Crippen LogP contribution < -0.4 is 5.32 Å². The number of nitrogens with zero attached hydrogens (tertiary/aromatic N) is 1. The molecule has 0 atom stereocenters. The van der Waals surface area contributed by atoms with Gasteiger partial charge in [-0.3, -0.25) is 4.79 Å². The molecule has 0 spiro atoms. The van der Waals surface area contributed by atoms with Crippen LogP contribution >= 0.6 is 11.3 Å². The van der Waals surface area contributed by atoms with Gasteiger partial charge in [0.25, 0.3) is 0 Å². The zero-order chi connectivity index (χ0) is 17.8. The smallest absolute Gasteiger partial charge is 0.226 e. The minimum atomic E-state index is 0.000677. The predicted octanol–water partition coefficient (Wildman–Crippen LogP) is 4.59. The second-order valence-corrected chi connectivity index (χ2v) is 7.25. The standard InChI is InChI=1S/C21H22N2OS/c1-14-4-7-17(8-5-14)21-23-19(13-25-21)11-20(24)22-12-18-9-6-15(2)10-16(18)3/h4-10,13H,11-12H2,1-3H3,(H,22,24). The number of rotatable bonds is 5. The maximum Gasteiger partial charge on any atom is 0.226 e. The van der Waals surface area contributed by atoms with Gasteiger partial charge in [0, 0.05) is 17.5 Å². The predicted molar refractivity (Wildman–Crippen MR) is 104 cm³/mol. The van der Waals surface area contributed by atoms with E-state index in [1.54, 1.807) is 11.3 Å². The van der Waals surface area contributed by atoms with Crippen molar-refractivity contribution in [1.29, 1.82) is 0 Å². The first kappa shape index (κ1) is 17.4. The highest BCUT2D eigenvalue weighted by Gasteiger charge is 2.09. The summed E-state index contributed by atoms with van der Waals surface area (Å²) < 4.78 is 0. The van der Waals surface area contributed by atoms with Crippen LogP contribution in [0.25, 0.3) is 10.6 Å². The molecule has 1 N–H and O–H groups in total. The first-order valence-electron chi connectivity index (χ1n) is 8.35. The number of aryl methyl sites for hydroxylation is 3. The summed E-state index contributed by atoms with van der Waals surface area (Å²) in [5, 5.41) is 5.91. The van der Waals surface area contributed by atoms with Gasteiger partial charge in [-0.2, -0.15) is 0 Å². The number of aromatic nitrogens is 1. The van der Waals surface area contributed by atoms with Gasteiger partial charge in [-0.1, -0.05) is 53.6 Å². The highest BCUT2D eigenvalue weighted by molar-refractivity contribution is 7.13. The van der Waals surface area contributed by atoms with E-state index in [9.17, 15) is 4.79 Å². The topological polar surface area (TPSA) is 42.0 Å². The van der Waals surface area contributed by atoms with E-state index >= 15 is 0 Å². The average Bonchev–Trinajstić information content (AvgIpc) is 3.03. The molecule has 3 aromatic rings. The van der Waals surface area contributed by atoms with Crippen molar-refractivity contribution in [1.82, 2.24) is 10.3 Å². The Kier molecular flexibility index (Phi) is 5.29. The van der Waals surface area contributed by atoms with Crippen molar-refractivity contribution in [3.8, 4) is 10.6 Å². The van der Waals surface area contributed by atoms with Crippen molar-refractivity contribution < 1.29 is 4.79 Å². The largest absolute Gasteiger partial charge is 0.352 e. The minimum Gasteiger partial charge on any atom is -0.352 e. The molecule has 0 bridgehead atoms. The summed E-state index contributed by atoms with van der Waals surface area (Å²) in [6, 6.07) is 14.6. The molecule has 1 aromatic heterocycles. The van der Waals surface area contributed by atoms with Gasteiger partial charge in [-0.05, 0) is 31.9 Å². The van der Waals surface area contributed by atoms with Gasteiger partial charge in [0.1, 0.15) is 5.01 Å². The Bertz CT molecular complexity index is 881. The summed E-state index contributed by atoms with van der Waals surface area (Å²) in [6.07, 6.45) is 0.313. The van der Waals surface area contributed by atoms with E-state index in [1.165, 1.54) is 16.7 Å². The van der Waals surface area contributed by atoms with Crippen LogP contribution in [0.5, 0.6) is 0 Å². The number of carbonyl (C=O) groups is 1. The molecule has 0 aliphatic heterocycles. The van der Waals surface area contributed by atoms with Crippen LogP contribution in [0.3, 0.4) is 0 Å². The molecule has 0 aliphatic carbocycles. The Morgan fingerprint density at radius 2 is 1.76 bits per heavy atom. The van der Waals surface area contributed by atoms with Crippen LogP contribution in [0.15, 0.2) is 47.8 Å². The fraction of sp³-hybridized carbons (Fsp3) is 0.238. The molecule has 0 aliphatic rings. The van der Waals surface area contributed by atoms with Gasteiger partial charge in [0.05, 0.1) is 12.1 Å². The van der Waals surface area contributed by atoms with Crippen molar-refractivity contribution >= 4 is 17.2 Å². The lowest BCUT2D eigenvalue weighted by Gasteiger charge is -2.08. The third-order valence-corrected chi connectivity index (χ3v) is 5.11. The molecular weight excluding hydrogens is 328 g/mol. The van der Waals surface area contributed by atoms with Gasteiger partial charge in [0.15, 0.2) is 0 Å². The quantitative estimate of drug-likeness (QED) is 0.731. The molecule has 0 saturated heterocycles. The van der Waals surface area contributed by atoms with Gasteiger partial charge in [-0.15, -0.1) is 11.3 Å². The van der Waals surface area contributed by atoms with E-state index in [1.807, 2.05) is 5.38 Å². The Morgan fingerprint density at radius 3 is 2.48 bits per heavy atom. The van der Waals surface area contributed by atoms with Crippen molar-refractivity contribution in [3.63, 3.8) is 0 Å². The molecule has 1 heterocycles. The molecule has 3 rings (SSSR count). The van der Waals surface area contributed by atoms with E-state index < -0.39 is 0 Å². The van der Waals surface area contributed by atoms with Gasteiger partial charge in [-0.25, -0.2) is 4.98 Å². The zero-order valence-electron chi connectivity index (χ0n) is 14.8. The Hall–Kier alpha value is -2.46. The van der Waals surface area contributed by atoms with Crippen molar-refractivity contribution in [2.45, 2.75) is 33.7 Å². The Morgan fingerprint density at radius 1 is 1.04 bits per heavy atom. The lowest BCUT2D eigenvalue weighted by molar-refractivity contribution is -0.120. The molecule has 0 saturated carbocycles. The average molecular weight is 350 g/mol. The van der Waals surface area contributed by atoms with Crippen LogP contribution in [0.4, 0.5) is 0 Å². The molecule has 3 nitrogen and oxygen atoms in total. The van der Waals surface area contributed by atoms with Crippen LogP contribution in [-0.4, -0.2) is 10.9 Å².